The molecule has 2 aromatic rings. The van der Waals surface area contributed by atoms with Crippen LogP contribution in [-0.4, -0.2) is 26.6 Å². The van der Waals surface area contributed by atoms with Crippen molar-refractivity contribution in [3.63, 3.8) is 0 Å². The van der Waals surface area contributed by atoms with Gasteiger partial charge in [-0.3, -0.25) is 9.59 Å². The number of rotatable bonds is 4. The van der Waals surface area contributed by atoms with Crippen molar-refractivity contribution < 1.29 is 13.6 Å². The van der Waals surface area contributed by atoms with Gasteiger partial charge in [0.2, 0.25) is 5.91 Å². The molecule has 27 heavy (non-hydrogen) atoms. The molecular weight excluding hydrogens is 356 g/mol. The van der Waals surface area contributed by atoms with E-state index < -0.39 is 17.4 Å². The number of carbonyl (C=O) groups is 1. The van der Waals surface area contributed by atoms with Gasteiger partial charge in [-0.05, 0) is 30.2 Å². The summed E-state index contributed by atoms with van der Waals surface area (Å²) in [6.07, 6.45) is 2.31. The number of allylic oxidation sites excluding steroid dienone is 2. The van der Waals surface area contributed by atoms with Crippen LogP contribution in [0.2, 0.25) is 0 Å². The lowest BCUT2D eigenvalue weighted by Gasteiger charge is -2.21. The Kier molecular flexibility index (Phi) is 5.07. The van der Waals surface area contributed by atoms with E-state index in [0.29, 0.717) is 17.0 Å². The average molecular weight is 371 g/mol. The van der Waals surface area contributed by atoms with E-state index in [4.69, 9.17) is 5.26 Å². The first kappa shape index (κ1) is 18.4. The molecule has 3 rings (SSSR count). The Balaban J connectivity index is 1.75. The van der Waals surface area contributed by atoms with Gasteiger partial charge in [0.1, 0.15) is 18.3 Å². The summed E-state index contributed by atoms with van der Waals surface area (Å²) >= 11 is 0. The number of pyridine rings is 1. The number of amides is 1. The molecule has 0 aliphatic heterocycles. The quantitative estimate of drug-likeness (QED) is 0.889. The summed E-state index contributed by atoms with van der Waals surface area (Å²) in [6, 6.07) is 7.49. The highest BCUT2D eigenvalue weighted by Gasteiger charge is 2.31. The minimum Gasteiger partial charge on any atom is -0.324 e. The molecule has 138 valence electrons. The van der Waals surface area contributed by atoms with E-state index in [0.717, 1.165) is 4.68 Å². The van der Waals surface area contributed by atoms with Crippen LogP contribution in [0.15, 0.2) is 41.3 Å². The molecule has 1 amide bonds. The van der Waals surface area contributed by atoms with Crippen LogP contribution in [0.4, 0.5) is 14.5 Å². The second-order valence-corrected chi connectivity index (χ2v) is 6.09. The zero-order valence-electron chi connectivity index (χ0n) is 14.2. The highest BCUT2D eigenvalue weighted by atomic mass is 19.3. The monoisotopic (exact) mass is 371 g/mol. The van der Waals surface area contributed by atoms with Gasteiger partial charge in [0.15, 0.2) is 0 Å². The molecule has 9 heteroatoms. The highest BCUT2D eigenvalue weighted by Crippen LogP contribution is 2.35. The summed E-state index contributed by atoms with van der Waals surface area (Å²) in [6.45, 7) is -0.347. The minimum absolute atomic E-state index is 0.145. The Hall–Kier alpha value is -3.41. The van der Waals surface area contributed by atoms with E-state index in [1.54, 1.807) is 0 Å². The molecule has 0 radical (unpaired) electrons. The van der Waals surface area contributed by atoms with Crippen LogP contribution in [0.1, 0.15) is 30.7 Å². The maximum atomic E-state index is 13.3. The van der Waals surface area contributed by atoms with E-state index in [1.165, 1.54) is 36.5 Å². The molecule has 0 fully saturated rings. The molecule has 0 saturated heterocycles. The lowest BCUT2D eigenvalue weighted by Crippen LogP contribution is -2.30. The van der Waals surface area contributed by atoms with Crippen LogP contribution >= 0.6 is 0 Å². The largest absolute Gasteiger partial charge is 0.324 e. The fourth-order valence-corrected chi connectivity index (χ4v) is 2.67. The summed E-state index contributed by atoms with van der Waals surface area (Å²) in [5.74, 6) is -3.23. The first-order chi connectivity index (χ1) is 12.9. The van der Waals surface area contributed by atoms with Crippen LogP contribution in [0.25, 0.3) is 5.57 Å². The molecule has 2 heterocycles. The third-order valence-electron chi connectivity index (χ3n) is 4.05. The topological polar surface area (TPSA) is 101 Å². The smallest absolute Gasteiger partial charge is 0.267 e. The number of alkyl halides is 2. The van der Waals surface area contributed by atoms with Crippen LogP contribution < -0.4 is 10.9 Å². The van der Waals surface area contributed by atoms with Gasteiger partial charge in [-0.2, -0.15) is 10.4 Å². The van der Waals surface area contributed by atoms with Crippen molar-refractivity contribution >= 4 is 17.2 Å². The predicted molar refractivity (Wildman–Crippen MR) is 92.9 cm³/mol. The maximum absolute atomic E-state index is 13.3. The Morgan fingerprint density at radius 2 is 2.19 bits per heavy atom. The van der Waals surface area contributed by atoms with E-state index in [2.05, 4.69) is 15.4 Å². The summed E-state index contributed by atoms with van der Waals surface area (Å²) in [7, 11) is 0. The third-order valence-corrected chi connectivity index (χ3v) is 4.05. The standard InChI is InChI=1S/C18H15F2N5O2/c19-18(20)6-3-12(4-7-18)15-1-2-17(27)25(24-15)11-16(26)23-13-5-8-22-14(9-13)10-21/h1-3,5,8-9H,4,6-7,11H2,(H,22,23,26). The predicted octanol–water partition coefficient (Wildman–Crippen LogP) is 2.35. The second-order valence-electron chi connectivity index (χ2n) is 6.09. The van der Waals surface area contributed by atoms with Gasteiger partial charge in [-0.25, -0.2) is 18.4 Å². The Bertz CT molecular complexity index is 1010. The third kappa shape index (κ3) is 4.61. The van der Waals surface area contributed by atoms with Crippen LogP contribution in [0, 0.1) is 11.3 Å². The molecule has 0 atom stereocenters. The first-order valence-corrected chi connectivity index (χ1v) is 8.18. The molecule has 1 N–H and O–H groups in total. The van der Waals surface area contributed by atoms with Gasteiger partial charge >= 0.3 is 0 Å². The van der Waals surface area contributed by atoms with Gasteiger partial charge < -0.3 is 5.32 Å². The normalized spacial score (nSPS) is 15.5. The van der Waals surface area contributed by atoms with Crippen molar-refractivity contribution in [1.82, 2.24) is 14.8 Å². The molecule has 0 aromatic carbocycles. The average Bonchev–Trinajstić information content (AvgIpc) is 2.64. The molecule has 0 bridgehead atoms. The number of hydrogen-bond donors (Lipinski definition) is 1. The second kappa shape index (κ2) is 7.45. The maximum Gasteiger partial charge on any atom is 0.267 e. The fraction of sp³-hybridized carbons (Fsp3) is 0.278. The minimum atomic E-state index is -2.72. The van der Waals surface area contributed by atoms with Gasteiger partial charge in [-0.1, -0.05) is 6.08 Å². The van der Waals surface area contributed by atoms with Crippen LogP contribution in [-0.2, 0) is 11.3 Å². The Morgan fingerprint density at radius 3 is 2.89 bits per heavy atom. The lowest BCUT2D eigenvalue weighted by atomic mass is 9.94. The first-order valence-electron chi connectivity index (χ1n) is 8.18. The van der Waals surface area contributed by atoms with Crippen LogP contribution in [0.5, 0.6) is 0 Å². The number of aromatic nitrogens is 3. The van der Waals surface area contributed by atoms with Gasteiger partial charge in [0.05, 0.1) is 5.69 Å². The zero-order chi connectivity index (χ0) is 19.4. The summed E-state index contributed by atoms with van der Waals surface area (Å²) in [5.41, 5.74) is 1.05. The number of carbonyl (C=O) groups excluding carboxylic acids is 1. The van der Waals surface area contributed by atoms with Crippen molar-refractivity contribution in [2.45, 2.75) is 31.7 Å². The van der Waals surface area contributed by atoms with Crippen molar-refractivity contribution in [2.75, 3.05) is 5.32 Å². The summed E-state index contributed by atoms with van der Waals surface area (Å²) in [4.78, 5) is 27.9. The van der Waals surface area contributed by atoms with Crippen molar-refractivity contribution in [2.24, 2.45) is 0 Å². The number of halogens is 2. The van der Waals surface area contributed by atoms with Crippen LogP contribution in [0.3, 0.4) is 0 Å². The number of nitriles is 1. The van der Waals surface area contributed by atoms with Crippen molar-refractivity contribution in [1.29, 1.82) is 5.26 Å². The lowest BCUT2D eigenvalue weighted by molar-refractivity contribution is -0.117. The molecule has 1 aliphatic rings. The van der Waals surface area contributed by atoms with Gasteiger partial charge in [0.25, 0.3) is 11.5 Å². The summed E-state index contributed by atoms with van der Waals surface area (Å²) < 4.78 is 27.5. The van der Waals surface area contributed by atoms with Gasteiger partial charge in [0, 0.05) is 30.8 Å². The van der Waals surface area contributed by atoms with E-state index >= 15 is 0 Å². The summed E-state index contributed by atoms with van der Waals surface area (Å²) in [5, 5.41) is 15.5. The Morgan fingerprint density at radius 1 is 1.37 bits per heavy atom. The van der Waals surface area contributed by atoms with E-state index in [-0.39, 0.29) is 31.5 Å². The van der Waals surface area contributed by atoms with Crippen molar-refractivity contribution in [3.05, 3.63) is 58.3 Å². The molecule has 0 saturated carbocycles. The molecular formula is C18H15F2N5O2. The molecule has 0 spiro atoms. The SMILES string of the molecule is N#Cc1cc(NC(=O)Cn2nc(C3=CCC(F)(F)CC3)ccc2=O)ccn1. The van der Waals surface area contributed by atoms with Gasteiger partial charge in [-0.15, -0.1) is 0 Å². The molecule has 7 nitrogen and oxygen atoms in total. The highest BCUT2D eigenvalue weighted by molar-refractivity contribution is 5.90. The number of hydrogen-bond acceptors (Lipinski definition) is 5. The molecule has 1 aliphatic carbocycles. The number of nitrogens with one attached hydrogen (secondary N) is 1. The fourth-order valence-electron chi connectivity index (χ4n) is 2.67. The molecule has 2 aromatic heterocycles. The zero-order valence-corrected chi connectivity index (χ0v) is 14.2. The number of nitrogens with zero attached hydrogens (tertiary/aromatic N) is 4. The van der Waals surface area contributed by atoms with E-state index in [1.807, 2.05) is 6.07 Å². The number of anilines is 1. The van der Waals surface area contributed by atoms with Crippen molar-refractivity contribution in [3.8, 4) is 6.07 Å². The molecule has 0 unspecified atom stereocenters. The Labute approximate surface area is 153 Å². The van der Waals surface area contributed by atoms with E-state index in [9.17, 15) is 18.4 Å².